The highest BCUT2D eigenvalue weighted by molar-refractivity contribution is 5.95. The summed E-state index contributed by atoms with van der Waals surface area (Å²) in [5, 5.41) is 2.40. The molecule has 0 bridgehead atoms. The Morgan fingerprint density at radius 2 is 1.70 bits per heavy atom. The molecule has 5 heteroatoms. The van der Waals surface area contributed by atoms with Crippen LogP contribution in [-0.2, 0) is 4.79 Å². The maximum atomic E-state index is 13.6. The molecule has 1 fully saturated rings. The van der Waals surface area contributed by atoms with Gasteiger partial charge in [0, 0.05) is 6.54 Å². The van der Waals surface area contributed by atoms with Crippen molar-refractivity contribution in [2.24, 2.45) is 11.1 Å². The van der Waals surface area contributed by atoms with Crippen molar-refractivity contribution in [1.29, 1.82) is 0 Å². The van der Waals surface area contributed by atoms with Gasteiger partial charge in [0.1, 0.15) is 17.3 Å². The van der Waals surface area contributed by atoms with E-state index in [1.807, 2.05) is 0 Å². The summed E-state index contributed by atoms with van der Waals surface area (Å²) >= 11 is 0. The number of rotatable bonds is 3. The van der Waals surface area contributed by atoms with E-state index >= 15 is 0 Å². The number of halogens is 2. The maximum Gasteiger partial charge on any atom is 0.232 e. The summed E-state index contributed by atoms with van der Waals surface area (Å²) in [6.45, 7) is 0.203. The fourth-order valence-electron chi connectivity index (χ4n) is 2.79. The van der Waals surface area contributed by atoms with Crippen LogP contribution in [0.4, 0.5) is 14.5 Å². The van der Waals surface area contributed by atoms with Gasteiger partial charge in [-0.2, -0.15) is 0 Å². The molecule has 3 N–H and O–H groups in total. The molecule has 0 aromatic heterocycles. The monoisotopic (exact) mass is 282 g/mol. The molecule has 0 aliphatic heterocycles. The first-order chi connectivity index (χ1) is 9.59. The number of anilines is 1. The van der Waals surface area contributed by atoms with Crippen molar-refractivity contribution in [3.63, 3.8) is 0 Å². The van der Waals surface area contributed by atoms with Gasteiger partial charge in [0.15, 0.2) is 0 Å². The van der Waals surface area contributed by atoms with E-state index in [0.29, 0.717) is 12.8 Å². The number of nitrogens with one attached hydrogen (secondary N) is 1. The first kappa shape index (κ1) is 14.9. The summed E-state index contributed by atoms with van der Waals surface area (Å²) in [4.78, 5) is 12.5. The number of benzene rings is 1. The zero-order valence-corrected chi connectivity index (χ0v) is 11.4. The molecular weight excluding hydrogens is 262 g/mol. The lowest BCUT2D eigenvalue weighted by Gasteiger charge is -2.30. The minimum Gasteiger partial charge on any atom is -0.329 e. The number of amides is 1. The Kier molecular flexibility index (Phi) is 4.70. The Hall–Kier alpha value is -1.49. The zero-order chi connectivity index (χ0) is 14.6. The van der Waals surface area contributed by atoms with Crippen LogP contribution in [0.1, 0.15) is 38.5 Å². The van der Waals surface area contributed by atoms with Crippen LogP contribution in [0.15, 0.2) is 18.2 Å². The summed E-state index contributed by atoms with van der Waals surface area (Å²) in [6, 6.07) is 3.52. The molecule has 20 heavy (non-hydrogen) atoms. The zero-order valence-electron chi connectivity index (χ0n) is 11.4. The largest absolute Gasteiger partial charge is 0.329 e. The fourth-order valence-corrected chi connectivity index (χ4v) is 2.79. The van der Waals surface area contributed by atoms with Crippen molar-refractivity contribution >= 4 is 11.6 Å². The van der Waals surface area contributed by atoms with Gasteiger partial charge in [-0.1, -0.05) is 31.7 Å². The molecule has 1 aliphatic rings. The van der Waals surface area contributed by atoms with Crippen LogP contribution in [0.5, 0.6) is 0 Å². The molecule has 1 amide bonds. The second kappa shape index (κ2) is 6.31. The van der Waals surface area contributed by atoms with Crippen molar-refractivity contribution in [3.8, 4) is 0 Å². The SMILES string of the molecule is NCC1(C(=O)Nc2c(F)cccc2F)CCCCCC1. The topological polar surface area (TPSA) is 55.1 Å². The highest BCUT2D eigenvalue weighted by Gasteiger charge is 2.37. The van der Waals surface area contributed by atoms with E-state index in [1.165, 1.54) is 6.07 Å². The molecule has 1 saturated carbocycles. The van der Waals surface area contributed by atoms with E-state index in [-0.39, 0.29) is 18.1 Å². The highest BCUT2D eigenvalue weighted by atomic mass is 19.1. The van der Waals surface area contributed by atoms with Crippen LogP contribution < -0.4 is 11.1 Å². The lowest BCUT2D eigenvalue weighted by atomic mass is 9.79. The molecule has 1 aromatic carbocycles. The van der Waals surface area contributed by atoms with Crippen molar-refractivity contribution in [3.05, 3.63) is 29.8 Å². The van der Waals surface area contributed by atoms with Crippen molar-refractivity contribution < 1.29 is 13.6 Å². The third kappa shape index (κ3) is 2.98. The first-order valence-electron chi connectivity index (χ1n) is 7.05. The molecular formula is C15H20F2N2O. The predicted molar refractivity (Wildman–Crippen MR) is 74.2 cm³/mol. The fraction of sp³-hybridized carbons (Fsp3) is 0.533. The molecule has 3 nitrogen and oxygen atoms in total. The van der Waals surface area contributed by atoms with Gasteiger partial charge in [0.25, 0.3) is 0 Å². The standard InChI is InChI=1S/C15H20F2N2O/c16-11-6-5-7-12(17)13(11)19-14(20)15(10-18)8-3-1-2-4-9-15/h5-7H,1-4,8-10,18H2,(H,19,20). The van der Waals surface area contributed by atoms with E-state index < -0.39 is 17.0 Å². The summed E-state index contributed by atoms with van der Waals surface area (Å²) in [7, 11) is 0. The normalized spacial score (nSPS) is 18.4. The van der Waals surface area contributed by atoms with Crippen molar-refractivity contribution in [2.45, 2.75) is 38.5 Å². The number of nitrogens with two attached hydrogens (primary N) is 1. The van der Waals surface area contributed by atoms with Gasteiger partial charge in [0.05, 0.1) is 5.41 Å². The van der Waals surface area contributed by atoms with Crippen LogP contribution in [0.2, 0.25) is 0 Å². The quantitative estimate of drug-likeness (QED) is 0.836. The summed E-state index contributed by atoms with van der Waals surface area (Å²) in [6.07, 6.45) is 5.33. The van der Waals surface area contributed by atoms with Crippen LogP contribution >= 0.6 is 0 Å². The predicted octanol–water partition coefficient (Wildman–Crippen LogP) is 3.20. The Bertz CT molecular complexity index is 463. The molecule has 0 heterocycles. The average Bonchev–Trinajstić information content (AvgIpc) is 2.69. The van der Waals surface area contributed by atoms with Crippen molar-refractivity contribution in [1.82, 2.24) is 0 Å². The Morgan fingerprint density at radius 3 is 2.20 bits per heavy atom. The van der Waals surface area contributed by atoms with Gasteiger partial charge in [-0.3, -0.25) is 4.79 Å². The van der Waals surface area contributed by atoms with E-state index in [0.717, 1.165) is 37.8 Å². The minimum atomic E-state index is -0.765. The lowest BCUT2D eigenvalue weighted by molar-refractivity contribution is -0.125. The molecule has 0 saturated heterocycles. The first-order valence-corrected chi connectivity index (χ1v) is 7.05. The summed E-state index contributed by atoms with van der Waals surface area (Å²) in [5.74, 6) is -1.90. The highest BCUT2D eigenvalue weighted by Crippen LogP contribution is 2.35. The summed E-state index contributed by atoms with van der Waals surface area (Å²) < 4.78 is 27.2. The van der Waals surface area contributed by atoms with Gasteiger partial charge in [0.2, 0.25) is 5.91 Å². The minimum absolute atomic E-state index is 0.203. The van der Waals surface area contributed by atoms with Crippen LogP contribution in [0.3, 0.4) is 0 Å². The van der Waals surface area contributed by atoms with E-state index in [2.05, 4.69) is 5.32 Å². The van der Waals surface area contributed by atoms with Gasteiger partial charge >= 0.3 is 0 Å². The molecule has 1 aromatic rings. The molecule has 0 unspecified atom stereocenters. The van der Waals surface area contributed by atoms with Gasteiger partial charge in [-0.05, 0) is 25.0 Å². The smallest absolute Gasteiger partial charge is 0.232 e. The number of carbonyl (C=O) groups excluding carboxylic acids is 1. The number of hydrogen-bond donors (Lipinski definition) is 2. The van der Waals surface area contributed by atoms with E-state index in [9.17, 15) is 13.6 Å². The van der Waals surface area contributed by atoms with Gasteiger partial charge < -0.3 is 11.1 Å². The lowest BCUT2D eigenvalue weighted by Crippen LogP contribution is -2.42. The van der Waals surface area contributed by atoms with E-state index in [1.54, 1.807) is 0 Å². The average molecular weight is 282 g/mol. The summed E-state index contributed by atoms with van der Waals surface area (Å²) in [5.41, 5.74) is 4.71. The molecule has 0 atom stereocenters. The Morgan fingerprint density at radius 1 is 1.15 bits per heavy atom. The second-order valence-corrected chi connectivity index (χ2v) is 5.45. The molecule has 0 radical (unpaired) electrons. The van der Waals surface area contributed by atoms with Gasteiger partial charge in [-0.15, -0.1) is 0 Å². The number of carbonyl (C=O) groups is 1. The van der Waals surface area contributed by atoms with Crippen molar-refractivity contribution in [2.75, 3.05) is 11.9 Å². The third-order valence-electron chi connectivity index (χ3n) is 4.13. The molecule has 1 aliphatic carbocycles. The Labute approximate surface area is 117 Å². The second-order valence-electron chi connectivity index (χ2n) is 5.45. The van der Waals surface area contributed by atoms with Crippen LogP contribution in [0.25, 0.3) is 0 Å². The molecule has 0 spiro atoms. The maximum absolute atomic E-state index is 13.6. The van der Waals surface area contributed by atoms with Crippen LogP contribution in [-0.4, -0.2) is 12.5 Å². The van der Waals surface area contributed by atoms with Crippen LogP contribution in [0, 0.1) is 17.0 Å². The molecule has 110 valence electrons. The number of hydrogen-bond acceptors (Lipinski definition) is 2. The Balaban J connectivity index is 2.21. The number of para-hydroxylation sites is 1. The van der Waals surface area contributed by atoms with Gasteiger partial charge in [-0.25, -0.2) is 8.78 Å². The molecule has 2 rings (SSSR count). The van der Waals surface area contributed by atoms with E-state index in [4.69, 9.17) is 5.73 Å². The third-order valence-corrected chi connectivity index (χ3v) is 4.13.